The van der Waals surface area contributed by atoms with Crippen LogP contribution in [-0.2, 0) is 6.54 Å². The summed E-state index contributed by atoms with van der Waals surface area (Å²) in [6.45, 7) is 10.6. The van der Waals surface area contributed by atoms with Gasteiger partial charge in [-0.3, -0.25) is 4.99 Å². The molecule has 1 atom stereocenters. The average Bonchev–Trinajstić information content (AvgIpc) is 3.07. The molecule has 2 rings (SSSR count). The van der Waals surface area contributed by atoms with Gasteiger partial charge < -0.3 is 19.9 Å². The minimum Gasteiger partial charge on any atom is -0.496 e. The summed E-state index contributed by atoms with van der Waals surface area (Å²) in [6.07, 6.45) is 2.50. The molecule has 0 saturated carbocycles. The molecule has 1 heterocycles. The van der Waals surface area contributed by atoms with E-state index in [1.807, 2.05) is 12.1 Å². The molecule has 0 aliphatic carbocycles. The van der Waals surface area contributed by atoms with Crippen LogP contribution in [0.3, 0.4) is 0 Å². The lowest BCUT2D eigenvalue weighted by Crippen LogP contribution is -2.39. The van der Waals surface area contributed by atoms with Crippen molar-refractivity contribution < 1.29 is 4.74 Å². The molecule has 26 heavy (non-hydrogen) atoms. The Morgan fingerprint density at radius 2 is 2.12 bits per heavy atom. The number of ether oxygens (including phenoxy) is 1. The fraction of sp³-hybridized carbons (Fsp3) is 0.650. The van der Waals surface area contributed by atoms with Crippen molar-refractivity contribution in [2.75, 3.05) is 46.9 Å². The third-order valence-corrected chi connectivity index (χ3v) is 4.71. The van der Waals surface area contributed by atoms with E-state index in [0.717, 1.165) is 31.3 Å². The number of nitrogens with one attached hydrogen (secondary N) is 1. The molecule has 1 aromatic rings. The van der Waals surface area contributed by atoms with Crippen LogP contribution in [0.4, 0.5) is 0 Å². The number of aliphatic imine (C=N–C) groups is 1. The Bertz CT molecular complexity index is 552. The van der Waals surface area contributed by atoms with Gasteiger partial charge in [-0.2, -0.15) is 0 Å². The van der Waals surface area contributed by atoms with Crippen LogP contribution in [-0.4, -0.2) is 62.6 Å². The molecule has 1 saturated heterocycles. The highest BCUT2D eigenvalue weighted by atomic mass is 127. The summed E-state index contributed by atoms with van der Waals surface area (Å²) in [5, 5.41) is 3.42. The van der Waals surface area contributed by atoms with Crippen molar-refractivity contribution in [3.63, 3.8) is 0 Å². The zero-order chi connectivity index (χ0) is 18.1. The first kappa shape index (κ1) is 23.0. The maximum atomic E-state index is 5.47. The maximum absolute atomic E-state index is 5.47. The Labute approximate surface area is 176 Å². The van der Waals surface area contributed by atoms with Crippen molar-refractivity contribution in [2.45, 2.75) is 33.2 Å². The van der Waals surface area contributed by atoms with Gasteiger partial charge in [0.25, 0.3) is 0 Å². The van der Waals surface area contributed by atoms with Gasteiger partial charge in [0.1, 0.15) is 5.75 Å². The third-order valence-electron chi connectivity index (χ3n) is 4.71. The van der Waals surface area contributed by atoms with Gasteiger partial charge in [-0.15, -0.1) is 24.0 Å². The zero-order valence-electron chi connectivity index (χ0n) is 16.7. The Kier molecular flexibility index (Phi) is 11.0. The molecular formula is C20H35IN4O. The summed E-state index contributed by atoms with van der Waals surface area (Å²) >= 11 is 0. The van der Waals surface area contributed by atoms with E-state index in [1.54, 1.807) is 7.11 Å². The van der Waals surface area contributed by atoms with E-state index in [2.05, 4.69) is 48.1 Å². The molecule has 1 aliphatic heterocycles. The highest BCUT2D eigenvalue weighted by Gasteiger charge is 2.21. The van der Waals surface area contributed by atoms with Gasteiger partial charge in [0.05, 0.1) is 7.11 Å². The first-order chi connectivity index (χ1) is 12.2. The first-order valence-corrected chi connectivity index (χ1v) is 9.51. The summed E-state index contributed by atoms with van der Waals surface area (Å²) in [5.41, 5.74) is 1.17. The molecule has 0 aromatic heterocycles. The van der Waals surface area contributed by atoms with Crippen LogP contribution in [0.15, 0.2) is 29.3 Å². The summed E-state index contributed by atoms with van der Waals surface area (Å²) in [6, 6.07) is 8.17. The van der Waals surface area contributed by atoms with Gasteiger partial charge in [-0.25, -0.2) is 0 Å². The molecule has 148 valence electrons. The van der Waals surface area contributed by atoms with Crippen LogP contribution in [0.1, 0.15) is 32.3 Å². The minimum atomic E-state index is 0. The molecule has 0 radical (unpaired) electrons. The molecule has 0 amide bonds. The van der Waals surface area contributed by atoms with Gasteiger partial charge in [-0.05, 0) is 44.8 Å². The molecular weight excluding hydrogens is 439 g/mol. The van der Waals surface area contributed by atoms with Crippen LogP contribution in [0.2, 0.25) is 0 Å². The Morgan fingerprint density at radius 1 is 1.35 bits per heavy atom. The van der Waals surface area contributed by atoms with E-state index < -0.39 is 0 Å². The van der Waals surface area contributed by atoms with E-state index in [1.165, 1.54) is 38.0 Å². The fourth-order valence-corrected chi connectivity index (χ4v) is 3.43. The number of hydrogen-bond donors (Lipinski definition) is 1. The summed E-state index contributed by atoms with van der Waals surface area (Å²) < 4.78 is 5.47. The topological polar surface area (TPSA) is 40.1 Å². The van der Waals surface area contributed by atoms with Crippen molar-refractivity contribution in [3.8, 4) is 5.75 Å². The monoisotopic (exact) mass is 474 g/mol. The molecule has 5 nitrogen and oxygen atoms in total. The second-order valence-electron chi connectivity index (χ2n) is 6.82. The minimum absolute atomic E-state index is 0. The lowest BCUT2D eigenvalue weighted by molar-refractivity contribution is 0.326. The highest BCUT2D eigenvalue weighted by Crippen LogP contribution is 2.19. The van der Waals surface area contributed by atoms with Crippen molar-refractivity contribution >= 4 is 29.9 Å². The first-order valence-electron chi connectivity index (χ1n) is 9.51. The number of nitrogens with zero attached hydrogens (tertiary/aromatic N) is 3. The Balaban J connectivity index is 0.00000338. The quantitative estimate of drug-likeness (QED) is 0.356. The lowest BCUT2D eigenvalue weighted by Gasteiger charge is -2.23. The van der Waals surface area contributed by atoms with Crippen molar-refractivity contribution in [3.05, 3.63) is 29.8 Å². The molecule has 1 unspecified atom stereocenters. The van der Waals surface area contributed by atoms with Gasteiger partial charge in [-0.1, -0.05) is 25.1 Å². The lowest BCUT2D eigenvalue weighted by atomic mass is 10.1. The normalized spacial score (nSPS) is 17.7. The molecule has 1 aliphatic rings. The fourth-order valence-electron chi connectivity index (χ4n) is 3.43. The van der Waals surface area contributed by atoms with E-state index in [0.29, 0.717) is 5.92 Å². The number of halogens is 1. The van der Waals surface area contributed by atoms with Crippen LogP contribution < -0.4 is 10.1 Å². The van der Waals surface area contributed by atoms with Crippen LogP contribution in [0.5, 0.6) is 5.75 Å². The molecule has 1 fully saturated rings. The summed E-state index contributed by atoms with van der Waals surface area (Å²) in [7, 11) is 3.81. The van der Waals surface area contributed by atoms with Crippen molar-refractivity contribution in [1.29, 1.82) is 0 Å². The van der Waals surface area contributed by atoms with Gasteiger partial charge in [0, 0.05) is 38.8 Å². The van der Waals surface area contributed by atoms with Crippen molar-refractivity contribution in [2.24, 2.45) is 10.9 Å². The predicted molar refractivity (Wildman–Crippen MR) is 121 cm³/mol. The van der Waals surface area contributed by atoms with E-state index in [4.69, 9.17) is 9.73 Å². The number of likely N-dealkylation sites (tertiary alicyclic amines) is 1. The molecule has 0 bridgehead atoms. The van der Waals surface area contributed by atoms with Crippen LogP contribution >= 0.6 is 24.0 Å². The smallest absolute Gasteiger partial charge is 0.193 e. The number of benzene rings is 1. The summed E-state index contributed by atoms with van der Waals surface area (Å²) in [4.78, 5) is 9.65. The van der Waals surface area contributed by atoms with Crippen LogP contribution in [0.25, 0.3) is 0 Å². The van der Waals surface area contributed by atoms with E-state index >= 15 is 0 Å². The Hall–Kier alpha value is -1.02. The SMILES string of the molecule is CCCN1CCC(CN=C(NCC)N(C)Cc2ccccc2OC)C1.I. The van der Waals surface area contributed by atoms with Crippen molar-refractivity contribution in [1.82, 2.24) is 15.1 Å². The third kappa shape index (κ3) is 6.95. The maximum Gasteiger partial charge on any atom is 0.193 e. The number of guanidine groups is 1. The largest absolute Gasteiger partial charge is 0.496 e. The van der Waals surface area contributed by atoms with Gasteiger partial charge in [0.15, 0.2) is 5.96 Å². The standard InChI is InChI=1S/C20H34N4O.HI/c1-5-12-24-13-11-17(15-24)14-22-20(21-6-2)23(3)16-18-9-7-8-10-19(18)25-4;/h7-10,17H,5-6,11-16H2,1-4H3,(H,21,22);1H. The second kappa shape index (κ2) is 12.4. The summed E-state index contributed by atoms with van der Waals surface area (Å²) in [5.74, 6) is 2.58. The second-order valence-corrected chi connectivity index (χ2v) is 6.82. The Morgan fingerprint density at radius 3 is 2.81 bits per heavy atom. The number of hydrogen-bond acceptors (Lipinski definition) is 3. The molecule has 1 N–H and O–H groups in total. The van der Waals surface area contributed by atoms with E-state index in [9.17, 15) is 0 Å². The van der Waals surface area contributed by atoms with E-state index in [-0.39, 0.29) is 24.0 Å². The molecule has 6 heteroatoms. The predicted octanol–water partition coefficient (Wildman–Crippen LogP) is 3.44. The average molecular weight is 474 g/mol. The number of methoxy groups -OCH3 is 1. The molecule has 1 aromatic carbocycles. The number of rotatable bonds is 8. The van der Waals surface area contributed by atoms with Gasteiger partial charge >= 0.3 is 0 Å². The van der Waals surface area contributed by atoms with Crippen LogP contribution in [0, 0.1) is 5.92 Å². The highest BCUT2D eigenvalue weighted by molar-refractivity contribution is 14.0. The van der Waals surface area contributed by atoms with Gasteiger partial charge in [0.2, 0.25) is 0 Å². The molecule has 0 spiro atoms. The zero-order valence-corrected chi connectivity index (χ0v) is 19.0. The number of para-hydroxylation sites is 1.